The van der Waals surface area contributed by atoms with Crippen LogP contribution in [0.15, 0.2) is 4.42 Å². The number of anilines is 1. The smallest absolute Gasteiger partial charge is 0.318 e. The molecule has 0 aliphatic carbocycles. The molecule has 2 atom stereocenters. The lowest BCUT2D eigenvalue weighted by molar-refractivity contribution is -0.113. The Morgan fingerprint density at radius 1 is 1.60 bits per heavy atom. The summed E-state index contributed by atoms with van der Waals surface area (Å²) in [5.41, 5.74) is 0. The Hall–Kier alpha value is -1.46. The van der Waals surface area contributed by atoms with Gasteiger partial charge in [-0.3, -0.25) is 0 Å². The van der Waals surface area contributed by atoms with Crippen LogP contribution < -0.4 is 4.90 Å². The fraction of sp³-hybridized carbons (Fsp3) is 0.667. The molecule has 1 saturated heterocycles. The van der Waals surface area contributed by atoms with E-state index in [9.17, 15) is 9.18 Å². The lowest BCUT2D eigenvalue weighted by Gasteiger charge is -2.30. The van der Waals surface area contributed by atoms with E-state index in [0.717, 1.165) is 0 Å². The van der Waals surface area contributed by atoms with Crippen molar-refractivity contribution in [3.05, 3.63) is 5.89 Å². The summed E-state index contributed by atoms with van der Waals surface area (Å²) in [6.45, 7) is 2.40. The Bertz CT molecular complexity index is 355. The summed E-state index contributed by atoms with van der Waals surface area (Å²) < 4.78 is 18.6. The van der Waals surface area contributed by atoms with Crippen molar-refractivity contribution in [2.75, 3.05) is 18.0 Å². The normalized spacial score (nSPS) is 26.7. The Morgan fingerprint density at radius 2 is 2.40 bits per heavy atom. The van der Waals surface area contributed by atoms with Crippen molar-refractivity contribution >= 4 is 12.3 Å². The van der Waals surface area contributed by atoms with Crippen molar-refractivity contribution in [3.63, 3.8) is 0 Å². The van der Waals surface area contributed by atoms with Crippen LogP contribution in [0, 0.1) is 12.8 Å². The number of alkyl halides is 1. The van der Waals surface area contributed by atoms with Crippen LogP contribution in [0.25, 0.3) is 0 Å². The van der Waals surface area contributed by atoms with Gasteiger partial charge in [-0.25, -0.2) is 4.39 Å². The highest BCUT2D eigenvalue weighted by molar-refractivity contribution is 5.55. The molecule has 1 fully saturated rings. The van der Waals surface area contributed by atoms with Crippen LogP contribution in [-0.2, 0) is 4.79 Å². The number of halogens is 1. The molecule has 0 bridgehead atoms. The molecule has 1 aliphatic heterocycles. The number of hydrogen-bond acceptors (Lipinski definition) is 5. The van der Waals surface area contributed by atoms with E-state index < -0.39 is 12.1 Å². The van der Waals surface area contributed by atoms with Crippen molar-refractivity contribution in [3.8, 4) is 0 Å². The molecule has 2 heterocycles. The van der Waals surface area contributed by atoms with Crippen molar-refractivity contribution in [2.24, 2.45) is 5.92 Å². The number of carbonyl (C=O) groups is 1. The molecule has 5 nitrogen and oxygen atoms in total. The van der Waals surface area contributed by atoms with Gasteiger partial charge in [0.25, 0.3) is 0 Å². The molecule has 0 aromatic carbocycles. The van der Waals surface area contributed by atoms with E-state index in [-0.39, 0.29) is 6.54 Å². The zero-order valence-electron chi connectivity index (χ0n) is 8.39. The average Bonchev–Trinajstić information content (AvgIpc) is 2.65. The Kier molecular flexibility index (Phi) is 2.66. The highest BCUT2D eigenvalue weighted by atomic mass is 19.1. The summed E-state index contributed by atoms with van der Waals surface area (Å²) in [7, 11) is 0. The van der Waals surface area contributed by atoms with Gasteiger partial charge in [-0.1, -0.05) is 5.10 Å². The molecule has 0 radical (unpaired) electrons. The maximum absolute atomic E-state index is 13.4. The van der Waals surface area contributed by atoms with E-state index in [1.54, 1.807) is 11.8 Å². The van der Waals surface area contributed by atoms with E-state index in [4.69, 9.17) is 4.42 Å². The van der Waals surface area contributed by atoms with Gasteiger partial charge in [-0.05, 0) is 6.42 Å². The third-order valence-electron chi connectivity index (χ3n) is 2.55. The first-order valence-electron chi connectivity index (χ1n) is 4.85. The van der Waals surface area contributed by atoms with Gasteiger partial charge < -0.3 is 14.1 Å². The molecule has 1 aliphatic rings. The zero-order valence-corrected chi connectivity index (χ0v) is 8.39. The quantitative estimate of drug-likeness (QED) is 0.678. The number of carbonyl (C=O) groups excluding carboxylic acids is 1. The third kappa shape index (κ3) is 1.98. The van der Waals surface area contributed by atoms with Gasteiger partial charge >= 0.3 is 6.01 Å². The van der Waals surface area contributed by atoms with E-state index in [0.29, 0.717) is 31.2 Å². The fourth-order valence-electron chi connectivity index (χ4n) is 1.66. The lowest BCUT2D eigenvalue weighted by atomic mass is 9.97. The monoisotopic (exact) mass is 213 g/mol. The second-order valence-electron chi connectivity index (χ2n) is 3.65. The summed E-state index contributed by atoms with van der Waals surface area (Å²) in [6, 6.07) is 0.333. The van der Waals surface area contributed by atoms with Crippen LogP contribution in [0.3, 0.4) is 0 Å². The van der Waals surface area contributed by atoms with Crippen LogP contribution in [-0.4, -0.2) is 35.7 Å². The summed E-state index contributed by atoms with van der Waals surface area (Å²) in [4.78, 5) is 12.2. The number of nitrogens with zero attached hydrogens (tertiary/aromatic N) is 3. The van der Waals surface area contributed by atoms with Gasteiger partial charge in [-0.15, -0.1) is 5.10 Å². The molecule has 15 heavy (non-hydrogen) atoms. The van der Waals surface area contributed by atoms with Crippen LogP contribution in [0.5, 0.6) is 0 Å². The fourth-order valence-corrected chi connectivity index (χ4v) is 1.66. The van der Waals surface area contributed by atoms with Crippen LogP contribution >= 0.6 is 0 Å². The molecule has 82 valence electrons. The first kappa shape index (κ1) is 10.1. The van der Waals surface area contributed by atoms with Crippen molar-refractivity contribution in [2.45, 2.75) is 19.5 Å². The van der Waals surface area contributed by atoms with E-state index in [2.05, 4.69) is 10.2 Å². The van der Waals surface area contributed by atoms with Gasteiger partial charge in [0.15, 0.2) is 0 Å². The first-order valence-corrected chi connectivity index (χ1v) is 4.85. The maximum Gasteiger partial charge on any atom is 0.318 e. The van der Waals surface area contributed by atoms with Crippen molar-refractivity contribution < 1.29 is 13.6 Å². The molecule has 0 spiro atoms. The van der Waals surface area contributed by atoms with Gasteiger partial charge in [0.2, 0.25) is 5.89 Å². The van der Waals surface area contributed by atoms with Gasteiger partial charge in [0.05, 0.1) is 6.54 Å². The summed E-state index contributed by atoms with van der Waals surface area (Å²) in [5.74, 6) is -0.0387. The summed E-state index contributed by atoms with van der Waals surface area (Å²) in [5, 5.41) is 7.48. The highest BCUT2D eigenvalue weighted by Gasteiger charge is 2.30. The minimum atomic E-state index is -1.15. The molecule has 0 saturated carbocycles. The second-order valence-corrected chi connectivity index (χ2v) is 3.65. The highest BCUT2D eigenvalue weighted by Crippen LogP contribution is 2.23. The topological polar surface area (TPSA) is 59.2 Å². The minimum Gasteiger partial charge on any atom is -0.408 e. The first-order chi connectivity index (χ1) is 7.20. The molecule has 0 N–H and O–H groups in total. The number of aryl methyl sites for hydroxylation is 1. The Morgan fingerprint density at radius 3 is 2.93 bits per heavy atom. The van der Waals surface area contributed by atoms with E-state index in [1.807, 2.05) is 0 Å². The number of aromatic nitrogens is 2. The van der Waals surface area contributed by atoms with Gasteiger partial charge in [-0.2, -0.15) is 0 Å². The molecule has 2 rings (SSSR count). The molecule has 6 heteroatoms. The predicted octanol–water partition coefficient (Wildman–Crippen LogP) is 0.741. The zero-order chi connectivity index (χ0) is 10.8. The van der Waals surface area contributed by atoms with Crippen LogP contribution in [0.1, 0.15) is 12.3 Å². The second kappa shape index (κ2) is 3.96. The number of rotatable bonds is 2. The Labute approximate surface area is 86.3 Å². The number of hydrogen-bond donors (Lipinski definition) is 0. The van der Waals surface area contributed by atoms with Crippen LogP contribution in [0.4, 0.5) is 10.4 Å². The number of aldehydes is 1. The van der Waals surface area contributed by atoms with E-state index in [1.165, 1.54) is 0 Å². The standard InChI is InChI=1S/C9H12FN3O2/c1-6-11-12-9(15-6)13-3-2-7(5-14)8(10)4-13/h5,7-8H,2-4H2,1H3/t7-,8-/m1/s1. The molecule has 0 unspecified atom stereocenters. The lowest BCUT2D eigenvalue weighted by Crippen LogP contribution is -2.42. The largest absolute Gasteiger partial charge is 0.408 e. The summed E-state index contributed by atoms with van der Waals surface area (Å²) in [6.07, 6.45) is 0.0242. The minimum absolute atomic E-state index is 0.144. The summed E-state index contributed by atoms with van der Waals surface area (Å²) >= 11 is 0. The SMILES string of the molecule is Cc1nnc(N2CC[C@H](C=O)[C@H](F)C2)o1. The number of piperidine rings is 1. The van der Waals surface area contributed by atoms with E-state index >= 15 is 0 Å². The van der Waals surface area contributed by atoms with Gasteiger partial charge in [0, 0.05) is 19.4 Å². The van der Waals surface area contributed by atoms with Crippen LogP contribution in [0.2, 0.25) is 0 Å². The molecule has 1 aromatic rings. The maximum atomic E-state index is 13.4. The Balaban J connectivity index is 2.05. The third-order valence-corrected chi connectivity index (χ3v) is 2.55. The van der Waals surface area contributed by atoms with Crippen molar-refractivity contribution in [1.82, 2.24) is 10.2 Å². The molecule has 1 aromatic heterocycles. The van der Waals surface area contributed by atoms with Crippen molar-refractivity contribution in [1.29, 1.82) is 0 Å². The molecule has 0 amide bonds. The average molecular weight is 213 g/mol. The molecular weight excluding hydrogens is 201 g/mol. The molecular formula is C9H12FN3O2. The predicted molar refractivity (Wildman–Crippen MR) is 50.3 cm³/mol. The van der Waals surface area contributed by atoms with Gasteiger partial charge in [0.1, 0.15) is 12.5 Å².